The fourth-order valence-corrected chi connectivity index (χ4v) is 2.85. The molecule has 0 aromatic carbocycles. The van der Waals surface area contributed by atoms with E-state index in [1.165, 1.54) is 11.3 Å². The van der Waals surface area contributed by atoms with Gasteiger partial charge >= 0.3 is 0 Å². The maximum atomic E-state index is 6.15. The van der Waals surface area contributed by atoms with E-state index >= 15 is 0 Å². The van der Waals surface area contributed by atoms with E-state index in [1.807, 2.05) is 6.92 Å². The highest BCUT2D eigenvalue weighted by Crippen LogP contribution is 2.26. The van der Waals surface area contributed by atoms with Gasteiger partial charge in [-0.1, -0.05) is 5.16 Å². The molecule has 0 saturated carbocycles. The summed E-state index contributed by atoms with van der Waals surface area (Å²) in [4.78, 5) is 11.7. The van der Waals surface area contributed by atoms with E-state index < -0.39 is 0 Å². The minimum absolute atomic E-state index is 0.251. The monoisotopic (exact) mass is 295 g/mol. The summed E-state index contributed by atoms with van der Waals surface area (Å²) < 4.78 is 10.6. The summed E-state index contributed by atoms with van der Waals surface area (Å²) in [5.74, 6) is 1.04. The van der Waals surface area contributed by atoms with E-state index in [9.17, 15) is 0 Å². The number of hydrogen-bond donors (Lipinski definition) is 1. The van der Waals surface area contributed by atoms with E-state index in [2.05, 4.69) is 20.0 Å². The molecule has 3 rings (SSSR count). The highest BCUT2D eigenvalue weighted by atomic mass is 32.1. The van der Waals surface area contributed by atoms with E-state index in [0.717, 1.165) is 36.9 Å². The molecule has 0 aliphatic carbocycles. The fraction of sp³-hybridized carbons (Fsp3) is 0.583. The molecule has 0 amide bonds. The second-order valence-electron chi connectivity index (χ2n) is 4.74. The molecule has 2 N–H and O–H groups in total. The standard InChI is InChI=1S/C12H17N5O2S/c1-8-10(20-7-14-8)12-15-11(16-19-12)9(13)6-17-2-4-18-5-3-17/h7,9H,2-6,13H2,1H3. The summed E-state index contributed by atoms with van der Waals surface area (Å²) in [6.45, 7) is 5.93. The molecule has 2 aromatic heterocycles. The summed E-state index contributed by atoms with van der Waals surface area (Å²) in [5, 5.41) is 3.99. The Labute approximate surface area is 120 Å². The number of rotatable bonds is 4. The third kappa shape index (κ3) is 2.88. The first-order chi connectivity index (χ1) is 9.74. The van der Waals surface area contributed by atoms with Crippen LogP contribution in [-0.4, -0.2) is 52.9 Å². The molecule has 3 heterocycles. The number of thiazole rings is 1. The second-order valence-corrected chi connectivity index (χ2v) is 5.60. The summed E-state index contributed by atoms with van der Waals surface area (Å²) in [6.07, 6.45) is 0. The molecular formula is C12H17N5O2S. The minimum atomic E-state index is -0.251. The van der Waals surface area contributed by atoms with Gasteiger partial charge in [-0.2, -0.15) is 4.98 Å². The number of aryl methyl sites for hydroxylation is 1. The van der Waals surface area contributed by atoms with Crippen molar-refractivity contribution in [2.45, 2.75) is 13.0 Å². The molecule has 20 heavy (non-hydrogen) atoms. The average Bonchev–Trinajstić information content (AvgIpc) is 3.08. The van der Waals surface area contributed by atoms with Crippen LogP contribution in [0, 0.1) is 6.92 Å². The molecule has 2 aromatic rings. The lowest BCUT2D eigenvalue weighted by Crippen LogP contribution is -2.40. The molecule has 0 spiro atoms. The van der Waals surface area contributed by atoms with E-state index in [4.69, 9.17) is 15.0 Å². The lowest BCUT2D eigenvalue weighted by molar-refractivity contribution is 0.0348. The van der Waals surface area contributed by atoms with Crippen LogP contribution in [0.3, 0.4) is 0 Å². The van der Waals surface area contributed by atoms with Crippen molar-refractivity contribution >= 4 is 11.3 Å². The van der Waals surface area contributed by atoms with Crippen LogP contribution in [0.2, 0.25) is 0 Å². The van der Waals surface area contributed by atoms with Gasteiger partial charge in [-0.15, -0.1) is 11.3 Å². The Morgan fingerprint density at radius 1 is 1.45 bits per heavy atom. The van der Waals surface area contributed by atoms with Crippen LogP contribution in [-0.2, 0) is 4.74 Å². The predicted octanol–water partition coefficient (Wildman–Crippen LogP) is 0.834. The van der Waals surface area contributed by atoms with Gasteiger partial charge < -0.3 is 15.0 Å². The van der Waals surface area contributed by atoms with Gasteiger partial charge in [0.25, 0.3) is 5.89 Å². The first kappa shape index (κ1) is 13.6. The molecule has 1 fully saturated rings. The topological polar surface area (TPSA) is 90.3 Å². The summed E-state index contributed by atoms with van der Waals surface area (Å²) in [5.41, 5.74) is 8.81. The fourth-order valence-electron chi connectivity index (χ4n) is 2.13. The molecule has 0 radical (unpaired) electrons. The maximum absolute atomic E-state index is 6.15. The Balaban J connectivity index is 1.68. The summed E-state index contributed by atoms with van der Waals surface area (Å²) in [7, 11) is 0. The highest BCUT2D eigenvalue weighted by molar-refractivity contribution is 7.13. The maximum Gasteiger partial charge on any atom is 0.269 e. The smallest absolute Gasteiger partial charge is 0.269 e. The van der Waals surface area contributed by atoms with Crippen molar-refractivity contribution < 1.29 is 9.26 Å². The van der Waals surface area contributed by atoms with Crippen molar-refractivity contribution in [3.63, 3.8) is 0 Å². The van der Waals surface area contributed by atoms with Crippen molar-refractivity contribution in [2.75, 3.05) is 32.8 Å². The van der Waals surface area contributed by atoms with E-state index in [-0.39, 0.29) is 6.04 Å². The van der Waals surface area contributed by atoms with Gasteiger partial charge in [0.2, 0.25) is 0 Å². The normalized spacial score (nSPS) is 18.3. The van der Waals surface area contributed by atoms with Crippen LogP contribution in [0.5, 0.6) is 0 Å². The van der Waals surface area contributed by atoms with Crippen molar-refractivity contribution in [1.29, 1.82) is 0 Å². The number of nitrogens with zero attached hydrogens (tertiary/aromatic N) is 4. The second kappa shape index (κ2) is 5.96. The first-order valence-electron chi connectivity index (χ1n) is 6.54. The lowest BCUT2D eigenvalue weighted by atomic mass is 10.2. The summed E-state index contributed by atoms with van der Waals surface area (Å²) in [6, 6.07) is -0.251. The quantitative estimate of drug-likeness (QED) is 0.893. The zero-order valence-corrected chi connectivity index (χ0v) is 12.1. The van der Waals surface area contributed by atoms with Crippen LogP contribution in [0.25, 0.3) is 10.8 Å². The highest BCUT2D eigenvalue weighted by Gasteiger charge is 2.21. The van der Waals surface area contributed by atoms with Gasteiger partial charge in [0, 0.05) is 19.6 Å². The predicted molar refractivity (Wildman–Crippen MR) is 74.3 cm³/mol. The molecule has 1 atom stereocenters. The number of morpholine rings is 1. The van der Waals surface area contributed by atoms with Crippen molar-refractivity contribution in [1.82, 2.24) is 20.0 Å². The van der Waals surface area contributed by atoms with Gasteiger partial charge in [0.15, 0.2) is 5.82 Å². The van der Waals surface area contributed by atoms with Crippen molar-refractivity contribution in [2.24, 2.45) is 5.73 Å². The summed E-state index contributed by atoms with van der Waals surface area (Å²) >= 11 is 1.49. The molecule has 7 nitrogen and oxygen atoms in total. The zero-order valence-electron chi connectivity index (χ0n) is 11.3. The molecule has 1 aliphatic heterocycles. The van der Waals surface area contributed by atoms with Crippen molar-refractivity contribution in [3.05, 3.63) is 17.0 Å². The first-order valence-corrected chi connectivity index (χ1v) is 7.42. The van der Waals surface area contributed by atoms with Gasteiger partial charge in [0.1, 0.15) is 4.88 Å². The molecule has 108 valence electrons. The van der Waals surface area contributed by atoms with Crippen LogP contribution in [0.1, 0.15) is 17.6 Å². The Morgan fingerprint density at radius 2 is 2.25 bits per heavy atom. The van der Waals surface area contributed by atoms with Crippen LogP contribution in [0.4, 0.5) is 0 Å². The molecule has 1 aliphatic rings. The van der Waals surface area contributed by atoms with Gasteiger partial charge in [0.05, 0.1) is 30.5 Å². The van der Waals surface area contributed by atoms with Crippen LogP contribution >= 0.6 is 11.3 Å². The lowest BCUT2D eigenvalue weighted by Gasteiger charge is -2.27. The Bertz CT molecular complexity index is 564. The van der Waals surface area contributed by atoms with E-state index in [1.54, 1.807) is 5.51 Å². The molecule has 1 saturated heterocycles. The zero-order chi connectivity index (χ0) is 13.9. The number of aromatic nitrogens is 3. The van der Waals surface area contributed by atoms with Gasteiger partial charge in [-0.25, -0.2) is 4.98 Å². The van der Waals surface area contributed by atoms with Gasteiger partial charge in [-0.05, 0) is 6.92 Å². The van der Waals surface area contributed by atoms with Crippen LogP contribution in [0.15, 0.2) is 10.0 Å². The largest absolute Gasteiger partial charge is 0.379 e. The third-order valence-electron chi connectivity index (χ3n) is 3.27. The Morgan fingerprint density at radius 3 is 2.95 bits per heavy atom. The molecule has 8 heteroatoms. The number of ether oxygens (including phenoxy) is 1. The number of nitrogens with two attached hydrogens (primary N) is 1. The SMILES string of the molecule is Cc1ncsc1-c1nc(C(N)CN2CCOCC2)no1. The molecule has 1 unspecified atom stereocenters. The minimum Gasteiger partial charge on any atom is -0.379 e. The Kier molecular flexibility index (Phi) is 4.06. The van der Waals surface area contributed by atoms with Crippen LogP contribution < -0.4 is 5.73 Å². The van der Waals surface area contributed by atoms with Gasteiger partial charge in [-0.3, -0.25) is 4.90 Å². The Hall–Kier alpha value is -1.35. The molecule has 0 bridgehead atoms. The van der Waals surface area contributed by atoms with E-state index in [0.29, 0.717) is 18.3 Å². The molecular weight excluding hydrogens is 278 g/mol. The number of hydrogen-bond acceptors (Lipinski definition) is 8. The average molecular weight is 295 g/mol. The van der Waals surface area contributed by atoms with Crippen molar-refractivity contribution in [3.8, 4) is 10.8 Å². The third-order valence-corrected chi connectivity index (χ3v) is 4.19.